The molecule has 0 saturated heterocycles. The predicted octanol–water partition coefficient (Wildman–Crippen LogP) is 2.54. The first kappa shape index (κ1) is 11.8. The molecule has 5 heteroatoms. The second-order valence-corrected chi connectivity index (χ2v) is 48.6. The largest absolute Gasteiger partial charge is 0 e. The van der Waals surface area contributed by atoms with E-state index in [-0.39, 0.29) is 41.7 Å². The first-order valence-corrected chi connectivity index (χ1v) is 24.8. The number of rotatable bonds is 0. The summed E-state index contributed by atoms with van der Waals surface area (Å²) in [5, 5.41) is 0. The van der Waals surface area contributed by atoms with Crippen LogP contribution in [0.3, 0.4) is 0 Å². The molecule has 0 fully saturated rings. The van der Waals surface area contributed by atoms with Gasteiger partial charge in [0.05, 0.1) is 0 Å². The maximum atomic E-state index is 3.33. The Balaban J connectivity index is 0. The summed E-state index contributed by atoms with van der Waals surface area (Å²) >= 11 is -1.28. The standard InChI is InChI=1S/3BrH.Ce.La/h3*1H;;/q;;;;+3/p-3. The number of halogens is 3. The summed E-state index contributed by atoms with van der Waals surface area (Å²) in [6.45, 7) is 0. The first-order chi connectivity index (χ1) is 1.73. The van der Waals surface area contributed by atoms with Crippen molar-refractivity contribution in [3.8, 4) is 0 Å². The van der Waals surface area contributed by atoms with Gasteiger partial charge in [0.1, 0.15) is 0 Å². The molecule has 5 heavy (non-hydrogen) atoms. The smallest absolute Gasteiger partial charge is 0 e. The van der Waals surface area contributed by atoms with Crippen LogP contribution in [0.1, 0.15) is 0 Å². The molecule has 0 aliphatic rings. The molecule has 0 aromatic rings. The van der Waals surface area contributed by atoms with E-state index in [2.05, 4.69) is 30.5 Å². The Morgan fingerprint density at radius 2 is 1.00 bits per heavy atom. The van der Waals surface area contributed by atoms with Crippen molar-refractivity contribution in [1.82, 2.24) is 0 Å². The average Bonchev–Trinajstić information content (AvgIpc) is 0.811. The molecule has 0 rings (SSSR count). The molecule has 0 amide bonds. The van der Waals surface area contributed by atoms with Gasteiger partial charge in [0.15, 0.2) is 0 Å². The maximum Gasteiger partial charge on any atom is 0 e. The Morgan fingerprint density at radius 1 is 1.00 bits per heavy atom. The zero-order valence-corrected chi connectivity index (χ0v) is 13.7. The van der Waals surface area contributed by atoms with Gasteiger partial charge in [-0.25, -0.2) is 0 Å². The summed E-state index contributed by atoms with van der Waals surface area (Å²) in [4.78, 5) is 0. The van der Waals surface area contributed by atoms with Crippen molar-refractivity contribution < 1.29 is 63.2 Å². The summed E-state index contributed by atoms with van der Waals surface area (Å²) in [6.07, 6.45) is 0. The fourth-order valence-electron chi connectivity index (χ4n) is 0. The molecule has 0 nitrogen and oxygen atoms in total. The van der Waals surface area contributed by atoms with E-state index in [1.165, 1.54) is 0 Å². The third kappa shape index (κ3) is 18.0. The van der Waals surface area contributed by atoms with Crippen LogP contribution in [-0.4, -0.2) is 0 Å². The van der Waals surface area contributed by atoms with Crippen molar-refractivity contribution in [2.24, 2.45) is 0 Å². The van der Waals surface area contributed by atoms with E-state index in [1.54, 1.807) is 0 Å². The molecular weight excluding hydrogens is 519 g/mol. The van der Waals surface area contributed by atoms with Gasteiger partial charge in [-0.2, -0.15) is 0 Å². The van der Waals surface area contributed by atoms with Crippen LogP contribution in [0.4, 0.5) is 0 Å². The summed E-state index contributed by atoms with van der Waals surface area (Å²) in [6, 6.07) is 0. The van der Waals surface area contributed by atoms with Gasteiger partial charge in [0.25, 0.3) is 0 Å². The Hall–Kier alpha value is 4.01. The van der Waals surface area contributed by atoms with E-state index in [0.717, 1.165) is 0 Å². The minimum absolute atomic E-state index is 0. The third-order valence-electron chi connectivity index (χ3n) is 0. The van der Waals surface area contributed by atoms with Gasteiger partial charge in [-0.1, -0.05) is 0 Å². The second-order valence-electron chi connectivity index (χ2n) is 0.247. The maximum absolute atomic E-state index is 3.33. The monoisotopic (exact) mass is 516 g/mol. The van der Waals surface area contributed by atoms with Crippen molar-refractivity contribution in [2.75, 3.05) is 0 Å². The Kier molecular flexibility index (Phi) is 18.9. The Bertz CT molecular complexity index is 11.6. The van der Waals surface area contributed by atoms with Crippen molar-refractivity contribution in [3.05, 3.63) is 0 Å². The SMILES string of the molecule is [Br][La]([Br])[Br].[Ce]. The van der Waals surface area contributed by atoms with Crippen LogP contribution in [0.5, 0.6) is 0 Å². The molecule has 0 aromatic carbocycles. The van der Waals surface area contributed by atoms with Gasteiger partial charge in [0.2, 0.25) is 0 Å². The average molecular weight is 519 g/mol. The first-order valence-electron chi connectivity index (χ1n) is 0.655. The van der Waals surface area contributed by atoms with Crippen molar-refractivity contribution >= 4 is 30.5 Å². The van der Waals surface area contributed by atoms with Crippen molar-refractivity contribution in [3.63, 3.8) is 0 Å². The van der Waals surface area contributed by atoms with Gasteiger partial charge < -0.3 is 0 Å². The van der Waals surface area contributed by atoms with Crippen molar-refractivity contribution in [1.29, 1.82) is 0 Å². The molecule has 0 N–H and O–H groups in total. The summed E-state index contributed by atoms with van der Waals surface area (Å²) in [7, 11) is 9.98. The predicted molar refractivity (Wildman–Crippen MR) is 26.8 cm³/mol. The van der Waals surface area contributed by atoms with Gasteiger partial charge >= 0.3 is 52.0 Å². The molecular formula is Br3CeLa. The minimum Gasteiger partial charge on any atom is 0 e. The van der Waals surface area contributed by atoms with E-state index in [1.807, 2.05) is 0 Å². The zero-order chi connectivity index (χ0) is 3.58. The molecule has 0 aliphatic carbocycles. The van der Waals surface area contributed by atoms with E-state index >= 15 is 0 Å². The summed E-state index contributed by atoms with van der Waals surface area (Å²) in [5.74, 6) is 0. The molecule has 0 radical (unpaired) electrons. The molecule has 0 heterocycles. The van der Waals surface area contributed by atoms with Crippen LogP contribution in [0, 0.1) is 63.2 Å². The molecule has 0 bridgehead atoms. The van der Waals surface area contributed by atoms with Crippen LogP contribution in [-0.2, 0) is 0 Å². The molecule has 0 atom stereocenters. The Labute approximate surface area is 90.4 Å². The quantitative estimate of drug-likeness (QED) is 0.463. The van der Waals surface area contributed by atoms with E-state index in [4.69, 9.17) is 0 Å². The van der Waals surface area contributed by atoms with E-state index in [9.17, 15) is 0 Å². The van der Waals surface area contributed by atoms with Gasteiger partial charge in [-0.05, 0) is 0 Å². The van der Waals surface area contributed by atoms with E-state index < -0.39 is 21.5 Å². The van der Waals surface area contributed by atoms with E-state index in [0.29, 0.717) is 0 Å². The number of hydrogen-bond donors (Lipinski definition) is 0. The fraction of sp³-hybridized carbons (Fsp3) is 0. The summed E-state index contributed by atoms with van der Waals surface area (Å²) < 4.78 is 0. The van der Waals surface area contributed by atoms with Crippen LogP contribution < -0.4 is 0 Å². The van der Waals surface area contributed by atoms with Crippen LogP contribution in [0.15, 0.2) is 0 Å². The topological polar surface area (TPSA) is 0 Å². The minimum atomic E-state index is -1.28. The molecule has 0 saturated carbocycles. The van der Waals surface area contributed by atoms with Crippen molar-refractivity contribution in [2.45, 2.75) is 0 Å². The zero-order valence-electron chi connectivity index (χ0n) is 2.21. The molecule has 0 unspecified atom stereocenters. The normalized spacial score (nSPS) is 5.40. The van der Waals surface area contributed by atoms with Gasteiger partial charge in [-0.3, -0.25) is 0 Å². The van der Waals surface area contributed by atoms with Crippen LogP contribution >= 0.6 is 30.5 Å². The molecule has 0 spiro atoms. The summed E-state index contributed by atoms with van der Waals surface area (Å²) in [5.41, 5.74) is 0. The Morgan fingerprint density at radius 3 is 1.00 bits per heavy atom. The third-order valence-corrected chi connectivity index (χ3v) is 0. The van der Waals surface area contributed by atoms with Gasteiger partial charge in [-0.15, -0.1) is 0 Å². The fourth-order valence-corrected chi connectivity index (χ4v) is 0. The van der Waals surface area contributed by atoms with Gasteiger partial charge in [0, 0.05) is 41.7 Å². The molecule has 0 aliphatic heterocycles. The number of hydrogen-bond acceptors (Lipinski definition) is 0. The second kappa shape index (κ2) is 8.01. The van der Waals surface area contributed by atoms with Crippen LogP contribution in [0.2, 0.25) is 0 Å². The van der Waals surface area contributed by atoms with Crippen LogP contribution in [0.25, 0.3) is 0 Å². The molecule has 0 aromatic heterocycles. The molecule has 28 valence electrons.